The van der Waals surface area contributed by atoms with Gasteiger partial charge in [-0.3, -0.25) is 4.90 Å². The van der Waals surface area contributed by atoms with E-state index in [1.807, 2.05) is 38.1 Å². The van der Waals surface area contributed by atoms with E-state index in [1.54, 1.807) is 0 Å². The van der Waals surface area contributed by atoms with Gasteiger partial charge in [-0.15, -0.1) is 24.0 Å². The number of piperidine rings is 1. The van der Waals surface area contributed by atoms with Gasteiger partial charge < -0.3 is 15.8 Å². The average Bonchev–Trinajstić information content (AvgIpc) is 2.69. The Labute approximate surface area is 191 Å². The maximum Gasteiger partial charge on any atom is 0.193 e. The molecular weight excluding hydrogens is 475 g/mol. The molecule has 0 aromatic heterocycles. The Morgan fingerprint density at radius 1 is 1.03 bits per heavy atom. The molecule has 0 atom stereocenters. The van der Waals surface area contributed by atoms with Crippen LogP contribution >= 0.6 is 24.0 Å². The lowest BCUT2D eigenvalue weighted by Crippen LogP contribution is -2.29. The van der Waals surface area contributed by atoms with Crippen LogP contribution in [0.25, 0.3) is 0 Å². The third-order valence-electron chi connectivity index (χ3n) is 4.88. The normalized spacial score (nSPS) is 15.1. The number of guanidine groups is 1. The summed E-state index contributed by atoms with van der Waals surface area (Å²) in [7, 11) is 0. The van der Waals surface area contributed by atoms with Gasteiger partial charge in [-0.05, 0) is 75.2 Å². The minimum absolute atomic E-state index is 0. The first-order valence-electron chi connectivity index (χ1n) is 10.2. The highest BCUT2D eigenvalue weighted by molar-refractivity contribution is 14.0. The molecule has 3 rings (SSSR count). The molecule has 158 valence electrons. The van der Waals surface area contributed by atoms with Crippen LogP contribution in [0.15, 0.2) is 53.5 Å². The Kier molecular flexibility index (Phi) is 9.73. The van der Waals surface area contributed by atoms with Crippen LogP contribution in [-0.2, 0) is 13.1 Å². The minimum atomic E-state index is 0. The number of aliphatic imine (C=N–C) groups is 1. The highest BCUT2D eigenvalue weighted by Gasteiger charge is 2.12. The van der Waals surface area contributed by atoms with Crippen LogP contribution in [0.2, 0.25) is 0 Å². The van der Waals surface area contributed by atoms with Gasteiger partial charge in [0.2, 0.25) is 0 Å². The number of benzene rings is 2. The molecule has 3 N–H and O–H groups in total. The fraction of sp³-hybridized carbons (Fsp3) is 0.435. The molecule has 2 aromatic rings. The quantitative estimate of drug-likeness (QED) is 0.314. The summed E-state index contributed by atoms with van der Waals surface area (Å²) in [6, 6.07) is 16.3. The predicted octanol–water partition coefficient (Wildman–Crippen LogP) is 5.00. The number of nitrogens with one attached hydrogen (secondary N) is 1. The molecule has 1 fully saturated rings. The lowest BCUT2D eigenvalue weighted by Gasteiger charge is -2.27. The molecule has 1 saturated heterocycles. The number of nitrogens with zero attached hydrogens (tertiary/aromatic N) is 2. The number of halogens is 1. The van der Waals surface area contributed by atoms with Crippen LogP contribution in [0.3, 0.4) is 0 Å². The fourth-order valence-corrected chi connectivity index (χ4v) is 3.47. The summed E-state index contributed by atoms with van der Waals surface area (Å²) in [6.07, 6.45) is 4.13. The standard InChI is InChI=1S/C23H32N4O.HI/c1-18(2)28-22-12-10-21(11-13-22)26-23(24)25-16-19-8-4-5-9-20(19)17-27-14-6-3-7-15-27;/h4-5,8-13,18H,3,6-7,14-17H2,1-2H3,(H3,24,25,26);1H. The Hall–Kier alpha value is -1.80. The van der Waals surface area contributed by atoms with Crippen molar-refractivity contribution in [1.29, 1.82) is 0 Å². The second kappa shape index (κ2) is 12.0. The van der Waals surface area contributed by atoms with Gasteiger partial charge in [0.05, 0.1) is 12.6 Å². The van der Waals surface area contributed by atoms with E-state index >= 15 is 0 Å². The van der Waals surface area contributed by atoms with Crippen LogP contribution in [-0.4, -0.2) is 30.1 Å². The predicted molar refractivity (Wildman–Crippen MR) is 132 cm³/mol. The number of hydrogen-bond acceptors (Lipinski definition) is 3. The van der Waals surface area contributed by atoms with Crippen molar-refractivity contribution in [2.24, 2.45) is 10.7 Å². The van der Waals surface area contributed by atoms with E-state index < -0.39 is 0 Å². The first-order valence-corrected chi connectivity index (χ1v) is 10.2. The molecule has 1 aliphatic rings. The molecule has 0 bridgehead atoms. The van der Waals surface area contributed by atoms with Crippen molar-refractivity contribution in [3.8, 4) is 5.75 Å². The number of rotatable bonds is 7. The molecule has 0 unspecified atom stereocenters. The third kappa shape index (κ3) is 7.85. The number of ether oxygens (including phenoxy) is 1. The Morgan fingerprint density at radius 2 is 1.69 bits per heavy atom. The molecule has 2 aromatic carbocycles. The molecule has 6 heteroatoms. The summed E-state index contributed by atoms with van der Waals surface area (Å²) < 4.78 is 5.66. The Bertz CT molecular complexity index is 771. The molecule has 5 nitrogen and oxygen atoms in total. The lowest BCUT2D eigenvalue weighted by atomic mass is 10.1. The van der Waals surface area contributed by atoms with E-state index in [0.717, 1.165) is 18.0 Å². The van der Waals surface area contributed by atoms with Gasteiger partial charge in [0, 0.05) is 12.2 Å². The average molecular weight is 508 g/mol. The SMILES string of the molecule is CC(C)Oc1ccc(NC(N)=NCc2ccccc2CN2CCCCC2)cc1.I. The highest BCUT2D eigenvalue weighted by Crippen LogP contribution is 2.18. The molecule has 1 heterocycles. The molecular formula is C23H33IN4O. The van der Waals surface area contributed by atoms with Crippen molar-refractivity contribution in [2.45, 2.75) is 52.3 Å². The minimum Gasteiger partial charge on any atom is -0.491 e. The summed E-state index contributed by atoms with van der Waals surface area (Å²) in [5.41, 5.74) is 9.58. The van der Waals surface area contributed by atoms with Crippen LogP contribution in [0.1, 0.15) is 44.2 Å². The van der Waals surface area contributed by atoms with Crippen LogP contribution in [0, 0.1) is 0 Å². The summed E-state index contributed by atoms with van der Waals surface area (Å²) in [5.74, 6) is 1.27. The van der Waals surface area contributed by atoms with Gasteiger partial charge in [-0.1, -0.05) is 30.7 Å². The molecule has 1 aliphatic heterocycles. The van der Waals surface area contributed by atoms with E-state index in [9.17, 15) is 0 Å². The topological polar surface area (TPSA) is 62.9 Å². The van der Waals surface area contributed by atoms with Crippen molar-refractivity contribution in [2.75, 3.05) is 18.4 Å². The fourth-order valence-electron chi connectivity index (χ4n) is 3.47. The lowest BCUT2D eigenvalue weighted by molar-refractivity contribution is 0.220. The van der Waals surface area contributed by atoms with Gasteiger partial charge in [-0.2, -0.15) is 0 Å². The summed E-state index contributed by atoms with van der Waals surface area (Å²) in [5, 5.41) is 3.16. The van der Waals surface area contributed by atoms with Crippen molar-refractivity contribution in [3.05, 3.63) is 59.7 Å². The van der Waals surface area contributed by atoms with Crippen LogP contribution in [0.4, 0.5) is 5.69 Å². The number of anilines is 1. The molecule has 0 aliphatic carbocycles. The summed E-state index contributed by atoms with van der Waals surface area (Å²) in [4.78, 5) is 7.08. The van der Waals surface area contributed by atoms with E-state index in [-0.39, 0.29) is 30.1 Å². The molecule has 0 spiro atoms. The van der Waals surface area contributed by atoms with Crippen molar-refractivity contribution in [3.63, 3.8) is 0 Å². The Balaban J connectivity index is 0.00000300. The molecule has 0 saturated carbocycles. The van der Waals surface area contributed by atoms with Gasteiger partial charge in [0.15, 0.2) is 5.96 Å². The van der Waals surface area contributed by atoms with Gasteiger partial charge in [0.25, 0.3) is 0 Å². The van der Waals surface area contributed by atoms with E-state index in [2.05, 4.69) is 39.5 Å². The van der Waals surface area contributed by atoms with Crippen LogP contribution in [0.5, 0.6) is 5.75 Å². The first-order chi connectivity index (χ1) is 13.6. The highest BCUT2D eigenvalue weighted by atomic mass is 127. The largest absolute Gasteiger partial charge is 0.491 e. The zero-order valence-electron chi connectivity index (χ0n) is 17.4. The number of nitrogens with two attached hydrogens (primary N) is 1. The first kappa shape index (κ1) is 23.5. The maximum atomic E-state index is 6.10. The second-order valence-corrected chi connectivity index (χ2v) is 7.62. The van der Waals surface area contributed by atoms with Gasteiger partial charge in [0.1, 0.15) is 5.75 Å². The van der Waals surface area contributed by atoms with Gasteiger partial charge in [-0.25, -0.2) is 4.99 Å². The molecule has 0 amide bonds. The Morgan fingerprint density at radius 3 is 2.34 bits per heavy atom. The molecule has 0 radical (unpaired) electrons. The zero-order valence-corrected chi connectivity index (χ0v) is 19.8. The van der Waals surface area contributed by atoms with Gasteiger partial charge >= 0.3 is 0 Å². The van der Waals surface area contributed by atoms with E-state index in [1.165, 1.54) is 43.5 Å². The van der Waals surface area contributed by atoms with Crippen molar-refractivity contribution >= 4 is 35.6 Å². The smallest absolute Gasteiger partial charge is 0.193 e. The number of hydrogen-bond donors (Lipinski definition) is 2. The summed E-state index contributed by atoms with van der Waals surface area (Å²) >= 11 is 0. The second-order valence-electron chi connectivity index (χ2n) is 7.62. The van der Waals surface area contributed by atoms with Crippen molar-refractivity contribution < 1.29 is 4.74 Å². The zero-order chi connectivity index (χ0) is 19.8. The maximum absolute atomic E-state index is 6.10. The van der Waals surface area contributed by atoms with E-state index in [4.69, 9.17) is 10.5 Å². The monoisotopic (exact) mass is 508 g/mol. The number of likely N-dealkylation sites (tertiary alicyclic amines) is 1. The van der Waals surface area contributed by atoms with E-state index in [0.29, 0.717) is 12.5 Å². The molecule has 29 heavy (non-hydrogen) atoms. The summed E-state index contributed by atoms with van der Waals surface area (Å²) in [6.45, 7) is 7.99. The van der Waals surface area contributed by atoms with Crippen LogP contribution < -0.4 is 15.8 Å². The third-order valence-corrected chi connectivity index (χ3v) is 4.88. The van der Waals surface area contributed by atoms with Crippen molar-refractivity contribution in [1.82, 2.24) is 4.90 Å².